The number of aromatic nitrogens is 2. The van der Waals surface area contributed by atoms with Crippen LogP contribution in [0.3, 0.4) is 0 Å². The Morgan fingerprint density at radius 3 is 2.68 bits per heavy atom. The van der Waals surface area contributed by atoms with E-state index in [1.807, 2.05) is 13.0 Å². The number of hydrogen-bond donors (Lipinski definition) is 0. The van der Waals surface area contributed by atoms with Crippen molar-refractivity contribution >= 4 is 17.4 Å². The van der Waals surface area contributed by atoms with Gasteiger partial charge in [-0.1, -0.05) is 18.5 Å². The zero-order valence-electron chi connectivity index (χ0n) is 11.7. The van der Waals surface area contributed by atoms with Crippen molar-refractivity contribution < 1.29 is 4.74 Å². The highest BCUT2D eigenvalue weighted by atomic mass is 35.5. The van der Waals surface area contributed by atoms with Gasteiger partial charge in [-0.15, -0.1) is 0 Å². The van der Waals surface area contributed by atoms with Crippen LogP contribution in [-0.4, -0.2) is 35.8 Å². The number of piperidine rings is 1. The van der Waals surface area contributed by atoms with E-state index in [1.165, 1.54) is 0 Å². The van der Waals surface area contributed by atoms with Crippen molar-refractivity contribution in [1.82, 2.24) is 9.97 Å². The summed E-state index contributed by atoms with van der Waals surface area (Å²) < 4.78 is 5.67. The van der Waals surface area contributed by atoms with Gasteiger partial charge in [0.15, 0.2) is 0 Å². The van der Waals surface area contributed by atoms with Gasteiger partial charge < -0.3 is 9.64 Å². The number of anilines is 1. The standard InChI is InChI=1S/C14H22ClN3O/c1-3-5-13-16-12(15)10-14(17-13)18-8-6-11(7-9-18)19-4-2/h10-11H,3-9H2,1-2H3. The topological polar surface area (TPSA) is 38.2 Å². The van der Waals surface area contributed by atoms with Crippen LogP contribution in [0.25, 0.3) is 0 Å². The number of nitrogens with zero attached hydrogens (tertiary/aromatic N) is 3. The Balaban J connectivity index is 2.02. The normalized spacial score (nSPS) is 16.9. The Morgan fingerprint density at radius 2 is 2.05 bits per heavy atom. The quantitative estimate of drug-likeness (QED) is 0.779. The van der Waals surface area contributed by atoms with Crippen LogP contribution in [0, 0.1) is 0 Å². The lowest BCUT2D eigenvalue weighted by Crippen LogP contribution is -2.37. The highest BCUT2D eigenvalue weighted by Gasteiger charge is 2.20. The molecular formula is C14H22ClN3O. The Bertz CT molecular complexity index is 406. The minimum atomic E-state index is 0.397. The molecule has 1 fully saturated rings. The van der Waals surface area contributed by atoms with Gasteiger partial charge in [0.05, 0.1) is 6.10 Å². The van der Waals surface area contributed by atoms with Crippen molar-refractivity contribution in [1.29, 1.82) is 0 Å². The van der Waals surface area contributed by atoms with E-state index in [9.17, 15) is 0 Å². The maximum absolute atomic E-state index is 6.08. The van der Waals surface area contributed by atoms with Crippen molar-refractivity contribution in [3.8, 4) is 0 Å². The first-order chi connectivity index (χ1) is 9.22. The van der Waals surface area contributed by atoms with Crippen LogP contribution in [0.4, 0.5) is 5.82 Å². The molecule has 1 aliphatic rings. The average molecular weight is 284 g/mol. The van der Waals surface area contributed by atoms with Gasteiger partial charge in [0.25, 0.3) is 0 Å². The summed E-state index contributed by atoms with van der Waals surface area (Å²) in [5.41, 5.74) is 0. The Morgan fingerprint density at radius 1 is 1.32 bits per heavy atom. The molecule has 0 amide bonds. The molecule has 5 heteroatoms. The molecule has 0 aliphatic carbocycles. The Kier molecular flexibility index (Phi) is 5.40. The zero-order valence-corrected chi connectivity index (χ0v) is 12.5. The molecule has 0 unspecified atom stereocenters. The van der Waals surface area contributed by atoms with Crippen LogP contribution in [0.2, 0.25) is 5.15 Å². The molecule has 19 heavy (non-hydrogen) atoms. The first-order valence-corrected chi connectivity index (χ1v) is 7.50. The Labute approximate surface area is 120 Å². The van der Waals surface area contributed by atoms with Gasteiger partial charge in [-0.05, 0) is 26.2 Å². The molecule has 2 rings (SSSR count). The summed E-state index contributed by atoms with van der Waals surface area (Å²) in [6.07, 6.45) is 4.42. The molecule has 0 N–H and O–H groups in total. The number of ether oxygens (including phenoxy) is 1. The maximum Gasteiger partial charge on any atom is 0.134 e. The molecule has 1 aromatic rings. The SMILES string of the molecule is CCCc1nc(Cl)cc(N2CCC(OCC)CC2)n1. The zero-order chi connectivity index (χ0) is 13.7. The van der Waals surface area contributed by atoms with Gasteiger partial charge in [-0.2, -0.15) is 0 Å². The van der Waals surface area contributed by atoms with E-state index in [-0.39, 0.29) is 0 Å². The smallest absolute Gasteiger partial charge is 0.134 e. The van der Waals surface area contributed by atoms with Gasteiger partial charge in [0, 0.05) is 32.2 Å². The average Bonchev–Trinajstić information content (AvgIpc) is 2.40. The van der Waals surface area contributed by atoms with Crippen LogP contribution in [-0.2, 0) is 11.2 Å². The van der Waals surface area contributed by atoms with Gasteiger partial charge in [-0.25, -0.2) is 9.97 Å². The van der Waals surface area contributed by atoms with Crippen LogP contribution >= 0.6 is 11.6 Å². The molecule has 1 aromatic heterocycles. The summed E-state index contributed by atoms with van der Waals surface area (Å²) in [6.45, 7) is 6.92. The maximum atomic E-state index is 6.08. The van der Waals surface area contributed by atoms with Crippen LogP contribution in [0.15, 0.2) is 6.07 Å². The molecule has 0 radical (unpaired) electrons. The van der Waals surface area contributed by atoms with Gasteiger partial charge in [0.2, 0.25) is 0 Å². The minimum absolute atomic E-state index is 0.397. The second-order valence-electron chi connectivity index (χ2n) is 4.86. The molecule has 106 valence electrons. The fourth-order valence-corrected chi connectivity index (χ4v) is 2.63. The third-order valence-electron chi connectivity index (χ3n) is 3.37. The molecule has 0 aromatic carbocycles. The third-order valence-corrected chi connectivity index (χ3v) is 3.56. The molecule has 0 spiro atoms. The third kappa shape index (κ3) is 4.05. The lowest BCUT2D eigenvalue weighted by Gasteiger charge is -2.32. The number of hydrogen-bond acceptors (Lipinski definition) is 4. The highest BCUT2D eigenvalue weighted by molar-refractivity contribution is 6.29. The van der Waals surface area contributed by atoms with E-state index < -0.39 is 0 Å². The van der Waals surface area contributed by atoms with E-state index in [0.717, 1.165) is 57.0 Å². The lowest BCUT2D eigenvalue weighted by atomic mass is 10.1. The second-order valence-corrected chi connectivity index (χ2v) is 5.24. The molecule has 0 saturated carbocycles. The fraction of sp³-hybridized carbons (Fsp3) is 0.714. The molecule has 0 bridgehead atoms. The predicted molar refractivity (Wildman–Crippen MR) is 77.9 cm³/mol. The Hall–Kier alpha value is -0.870. The van der Waals surface area contributed by atoms with Crippen molar-refractivity contribution in [2.24, 2.45) is 0 Å². The van der Waals surface area contributed by atoms with E-state index in [0.29, 0.717) is 11.3 Å². The van der Waals surface area contributed by atoms with Crippen molar-refractivity contribution in [3.63, 3.8) is 0 Å². The predicted octanol–water partition coefficient (Wildman–Crippen LogP) is 3.09. The van der Waals surface area contributed by atoms with Crippen molar-refractivity contribution in [2.75, 3.05) is 24.6 Å². The molecule has 2 heterocycles. The summed E-state index contributed by atoms with van der Waals surface area (Å²) in [6, 6.07) is 1.86. The first-order valence-electron chi connectivity index (χ1n) is 7.13. The van der Waals surface area contributed by atoms with E-state index in [2.05, 4.69) is 21.8 Å². The fourth-order valence-electron chi connectivity index (χ4n) is 2.44. The summed E-state index contributed by atoms with van der Waals surface area (Å²) in [5, 5.41) is 0.542. The number of aryl methyl sites for hydroxylation is 1. The second kappa shape index (κ2) is 7.06. The molecule has 4 nitrogen and oxygen atoms in total. The summed E-state index contributed by atoms with van der Waals surface area (Å²) in [4.78, 5) is 11.2. The van der Waals surface area contributed by atoms with Crippen molar-refractivity contribution in [3.05, 3.63) is 17.0 Å². The number of rotatable bonds is 5. The van der Waals surface area contributed by atoms with Crippen LogP contribution < -0.4 is 4.90 Å². The summed E-state index contributed by atoms with van der Waals surface area (Å²) in [7, 11) is 0. The summed E-state index contributed by atoms with van der Waals surface area (Å²) in [5.74, 6) is 1.80. The van der Waals surface area contributed by atoms with Crippen LogP contribution in [0.5, 0.6) is 0 Å². The van der Waals surface area contributed by atoms with Crippen LogP contribution in [0.1, 0.15) is 38.9 Å². The van der Waals surface area contributed by atoms with Crippen molar-refractivity contribution in [2.45, 2.75) is 45.6 Å². The molecular weight excluding hydrogens is 262 g/mol. The minimum Gasteiger partial charge on any atom is -0.378 e. The lowest BCUT2D eigenvalue weighted by molar-refractivity contribution is 0.0458. The largest absolute Gasteiger partial charge is 0.378 e. The van der Waals surface area contributed by atoms with Gasteiger partial charge in [0.1, 0.15) is 16.8 Å². The highest BCUT2D eigenvalue weighted by Crippen LogP contribution is 2.22. The first kappa shape index (κ1) is 14.5. The molecule has 0 atom stereocenters. The summed E-state index contributed by atoms with van der Waals surface area (Å²) >= 11 is 6.08. The van der Waals surface area contributed by atoms with Gasteiger partial charge >= 0.3 is 0 Å². The van der Waals surface area contributed by atoms with E-state index >= 15 is 0 Å². The number of halogens is 1. The van der Waals surface area contributed by atoms with E-state index in [4.69, 9.17) is 16.3 Å². The molecule has 1 aliphatic heterocycles. The van der Waals surface area contributed by atoms with E-state index in [1.54, 1.807) is 0 Å². The molecule has 1 saturated heterocycles. The monoisotopic (exact) mass is 283 g/mol. The van der Waals surface area contributed by atoms with Gasteiger partial charge in [-0.3, -0.25) is 0 Å².